The molecule has 0 aliphatic carbocycles. The quantitative estimate of drug-likeness (QED) is 0.392. The van der Waals surface area contributed by atoms with Crippen LogP contribution in [0.3, 0.4) is 0 Å². The summed E-state index contributed by atoms with van der Waals surface area (Å²) >= 11 is 0. The summed E-state index contributed by atoms with van der Waals surface area (Å²) < 4.78 is 0. The summed E-state index contributed by atoms with van der Waals surface area (Å²) in [5.74, 6) is 0. The Labute approximate surface area is 95.8 Å². The molecule has 34 valence electrons. The van der Waals surface area contributed by atoms with Gasteiger partial charge in [-0.25, -0.2) is 0 Å². The third kappa shape index (κ3) is 33.5. The van der Waals surface area contributed by atoms with Crippen LogP contribution in [0.1, 0.15) is 0 Å². The molecule has 0 saturated heterocycles. The zero-order valence-corrected chi connectivity index (χ0v) is 8.91. The van der Waals surface area contributed by atoms with Crippen LogP contribution in [0, 0.1) is 0 Å². The van der Waals surface area contributed by atoms with E-state index < -0.39 is 0 Å². The van der Waals surface area contributed by atoms with Crippen molar-refractivity contribution in [1.82, 2.24) is 0 Å². The first kappa shape index (κ1) is 83.8. The van der Waals surface area contributed by atoms with E-state index in [1.807, 2.05) is 0 Å². The van der Waals surface area contributed by atoms with Gasteiger partial charge in [-0.3, -0.25) is 0 Å². The van der Waals surface area contributed by atoms with Crippen molar-refractivity contribution in [2.75, 3.05) is 0 Å². The van der Waals surface area contributed by atoms with Crippen LogP contribution in [0.5, 0.6) is 0 Å². The topological polar surface area (TPSA) is 120 Å². The maximum atomic E-state index is 0. The van der Waals surface area contributed by atoms with Gasteiger partial charge >= 0.3 is 75.8 Å². The normalized spacial score (nSPS) is 0. The van der Waals surface area contributed by atoms with E-state index in [9.17, 15) is 0 Å². The van der Waals surface area contributed by atoms with E-state index >= 15 is 0 Å². The molecule has 0 aliphatic heterocycles. The standard InChI is InChI=1S/K.4H2O.Sb/h;4*1H2;/q+1;;;;;+3/p-4. The fourth-order valence-electron chi connectivity index (χ4n) is 0. The first-order valence-corrected chi connectivity index (χ1v) is 0. The Kier molecular flexibility index (Phi) is 767. The first-order chi connectivity index (χ1) is 0. The molecule has 0 aromatic rings. The average Bonchev–Trinajstić information content (AvgIpc) is 0. The van der Waals surface area contributed by atoms with Gasteiger partial charge in [0.25, 0.3) is 0 Å². The molecule has 0 aromatic heterocycles. The van der Waals surface area contributed by atoms with Gasteiger partial charge in [-0.2, -0.15) is 0 Å². The smallest absolute Gasteiger partial charge is 0.870 e. The fourth-order valence-corrected chi connectivity index (χ4v) is 0. The Bertz CT molecular complexity index is 7.51. The minimum Gasteiger partial charge on any atom is -0.870 e. The predicted octanol–water partition coefficient (Wildman–Crippen LogP) is -4.08. The second-order valence-corrected chi connectivity index (χ2v) is 0. The zero-order valence-electron chi connectivity index (χ0n) is 3.24. The predicted molar refractivity (Wildman–Crippen MR) is 13.5 cm³/mol. The molecule has 6 heavy (non-hydrogen) atoms. The molecule has 0 rings (SSSR count). The van der Waals surface area contributed by atoms with Gasteiger partial charge in [-0.15, -0.1) is 0 Å². The van der Waals surface area contributed by atoms with Gasteiger partial charge in [0.05, 0.1) is 0 Å². The molecule has 0 aliphatic rings. The monoisotopic (exact) mass is 228 g/mol. The Hall–Kier alpha value is 2.29. The summed E-state index contributed by atoms with van der Waals surface area (Å²) in [6, 6.07) is 0. The van der Waals surface area contributed by atoms with Gasteiger partial charge in [-0.05, 0) is 0 Å². The molecular formula is H4KO4Sb. The van der Waals surface area contributed by atoms with Gasteiger partial charge in [0.1, 0.15) is 0 Å². The van der Waals surface area contributed by atoms with Crippen molar-refractivity contribution < 1.29 is 73.3 Å². The van der Waals surface area contributed by atoms with Crippen LogP contribution in [0.4, 0.5) is 0 Å². The Balaban J connectivity index is 0. The molecule has 0 spiro atoms. The van der Waals surface area contributed by atoms with Crippen LogP contribution in [0.15, 0.2) is 0 Å². The molecule has 0 aromatic carbocycles. The summed E-state index contributed by atoms with van der Waals surface area (Å²) in [6.07, 6.45) is 0. The molecule has 4 N–H and O–H groups in total. The number of hydrogen-bond donors (Lipinski definition) is 0. The maximum absolute atomic E-state index is 0. The summed E-state index contributed by atoms with van der Waals surface area (Å²) in [6.45, 7) is 0. The van der Waals surface area contributed by atoms with Crippen molar-refractivity contribution in [3.63, 3.8) is 0 Å². The van der Waals surface area contributed by atoms with Crippen LogP contribution < -0.4 is 51.4 Å². The van der Waals surface area contributed by atoms with Gasteiger partial charge < -0.3 is 21.9 Å². The van der Waals surface area contributed by atoms with E-state index in [4.69, 9.17) is 0 Å². The largest absolute Gasteiger partial charge is 3.00 e. The molecule has 0 heterocycles. The van der Waals surface area contributed by atoms with Crippen LogP contribution >= 0.6 is 0 Å². The van der Waals surface area contributed by atoms with Gasteiger partial charge in [0.15, 0.2) is 0 Å². The van der Waals surface area contributed by atoms with Crippen LogP contribution in [-0.2, 0) is 0 Å². The summed E-state index contributed by atoms with van der Waals surface area (Å²) in [7, 11) is 0. The van der Waals surface area contributed by atoms with Crippen LogP contribution in [-0.4, -0.2) is 46.3 Å². The molecule has 0 bridgehead atoms. The Morgan fingerprint density at radius 1 is 0.500 bits per heavy atom. The van der Waals surface area contributed by atoms with Crippen molar-refractivity contribution >= 4 is 24.4 Å². The summed E-state index contributed by atoms with van der Waals surface area (Å²) in [4.78, 5) is 0. The molecule has 0 amide bonds. The second kappa shape index (κ2) is 54.9. The van der Waals surface area contributed by atoms with Crippen molar-refractivity contribution in [3.8, 4) is 0 Å². The zero-order chi connectivity index (χ0) is 0. The van der Waals surface area contributed by atoms with Crippen LogP contribution in [0.2, 0.25) is 0 Å². The van der Waals surface area contributed by atoms with Crippen molar-refractivity contribution in [2.24, 2.45) is 0 Å². The minimum absolute atomic E-state index is 0. The molecule has 0 saturated carbocycles. The molecular weight excluding hydrogens is 225 g/mol. The van der Waals surface area contributed by atoms with Gasteiger partial charge in [-0.1, -0.05) is 0 Å². The van der Waals surface area contributed by atoms with E-state index in [0.29, 0.717) is 0 Å². The van der Waals surface area contributed by atoms with Crippen molar-refractivity contribution in [2.45, 2.75) is 0 Å². The van der Waals surface area contributed by atoms with E-state index in [-0.39, 0.29) is 97.7 Å². The van der Waals surface area contributed by atoms with E-state index in [2.05, 4.69) is 0 Å². The third-order valence-electron chi connectivity index (χ3n) is 0. The van der Waals surface area contributed by atoms with Crippen LogP contribution in [0.25, 0.3) is 0 Å². The first-order valence-electron chi connectivity index (χ1n) is 0. The van der Waals surface area contributed by atoms with Crippen molar-refractivity contribution in [1.29, 1.82) is 0 Å². The number of rotatable bonds is 0. The second-order valence-electron chi connectivity index (χ2n) is 0. The maximum Gasteiger partial charge on any atom is 3.00 e. The van der Waals surface area contributed by atoms with E-state index in [1.165, 1.54) is 0 Å². The van der Waals surface area contributed by atoms with Gasteiger partial charge in [0.2, 0.25) is 0 Å². The third-order valence-corrected chi connectivity index (χ3v) is 0. The molecule has 4 nitrogen and oxygen atoms in total. The molecule has 0 atom stereocenters. The van der Waals surface area contributed by atoms with Crippen molar-refractivity contribution in [3.05, 3.63) is 0 Å². The SMILES string of the molecule is [K+].[OH-].[OH-].[OH-].[OH-].[Sb+3]. The summed E-state index contributed by atoms with van der Waals surface area (Å²) in [5.41, 5.74) is 0. The molecule has 2 radical (unpaired) electrons. The van der Waals surface area contributed by atoms with E-state index in [1.54, 1.807) is 0 Å². The molecule has 0 fully saturated rings. The summed E-state index contributed by atoms with van der Waals surface area (Å²) in [5, 5.41) is 0. The minimum atomic E-state index is 0. The number of hydrogen-bond acceptors (Lipinski definition) is 4. The fraction of sp³-hybridized carbons (Fsp3) is 0. The van der Waals surface area contributed by atoms with Gasteiger partial charge in [0, 0.05) is 0 Å². The Morgan fingerprint density at radius 3 is 0.500 bits per heavy atom. The molecule has 0 unspecified atom stereocenters. The average molecular weight is 229 g/mol. The van der Waals surface area contributed by atoms with E-state index in [0.717, 1.165) is 0 Å². The Morgan fingerprint density at radius 2 is 0.500 bits per heavy atom. The molecule has 6 heteroatoms.